The van der Waals surface area contributed by atoms with Crippen LogP contribution >= 0.6 is 0 Å². The maximum Gasteiger partial charge on any atom is 0.220 e. The minimum absolute atomic E-state index is 0. The fraction of sp³-hybridized carbons (Fsp3) is 0. The van der Waals surface area contributed by atoms with E-state index in [0.717, 1.165) is 22.5 Å². The van der Waals surface area contributed by atoms with Crippen molar-refractivity contribution in [3.8, 4) is 45.4 Å². The molecular formula is C27H18IrN8-2. The van der Waals surface area contributed by atoms with Gasteiger partial charge in [-0.15, -0.1) is 46.1 Å². The molecule has 0 saturated carbocycles. The second-order valence-electron chi connectivity index (χ2n) is 7.25. The van der Waals surface area contributed by atoms with Crippen LogP contribution in [0.5, 0.6) is 0 Å². The summed E-state index contributed by atoms with van der Waals surface area (Å²) >= 11 is 0. The largest absolute Gasteiger partial charge is 0.574 e. The molecule has 6 rings (SSSR count). The third-order valence-electron chi connectivity index (χ3n) is 4.92. The second kappa shape index (κ2) is 12.3. The Morgan fingerprint density at radius 1 is 0.583 bits per heavy atom. The third-order valence-corrected chi connectivity index (χ3v) is 4.92. The summed E-state index contributed by atoms with van der Waals surface area (Å²) in [6, 6.07) is 32.1. The number of hydrogen-bond acceptors (Lipinski definition) is 7. The van der Waals surface area contributed by atoms with Crippen LogP contribution in [-0.4, -0.2) is 35.5 Å². The Kier molecular flexibility index (Phi) is 8.43. The molecular weight excluding hydrogens is 629 g/mol. The maximum atomic E-state index is 4.30. The van der Waals surface area contributed by atoms with Crippen molar-refractivity contribution in [2.24, 2.45) is 0 Å². The molecule has 0 spiro atoms. The van der Waals surface area contributed by atoms with Crippen molar-refractivity contribution in [1.29, 1.82) is 0 Å². The van der Waals surface area contributed by atoms with E-state index in [-0.39, 0.29) is 20.1 Å². The quantitative estimate of drug-likeness (QED) is 0.257. The van der Waals surface area contributed by atoms with Crippen LogP contribution in [0.15, 0.2) is 110 Å². The molecule has 0 amide bonds. The summed E-state index contributed by atoms with van der Waals surface area (Å²) in [6.07, 6.45) is 5.15. The average Bonchev–Trinajstić information content (AvgIpc) is 3.51. The van der Waals surface area contributed by atoms with Gasteiger partial charge in [0.2, 0.25) is 5.82 Å². The SMILES string of the molecule is [Ir].[c-]1ccccc1-c1nnc(-c2ccccn2)nn1.c1ccc(-c2ccnc(-c3ccn[n-]3)c2)cc1. The summed E-state index contributed by atoms with van der Waals surface area (Å²) in [5.41, 5.74) is 5.40. The van der Waals surface area contributed by atoms with Crippen molar-refractivity contribution in [2.75, 3.05) is 0 Å². The predicted octanol–water partition coefficient (Wildman–Crippen LogP) is 4.56. The van der Waals surface area contributed by atoms with E-state index >= 15 is 0 Å². The van der Waals surface area contributed by atoms with E-state index in [9.17, 15) is 0 Å². The van der Waals surface area contributed by atoms with E-state index < -0.39 is 0 Å². The van der Waals surface area contributed by atoms with Crippen LogP contribution in [0.25, 0.3) is 45.4 Å². The summed E-state index contributed by atoms with van der Waals surface area (Å²) < 4.78 is 0. The van der Waals surface area contributed by atoms with Gasteiger partial charge in [0.1, 0.15) is 11.5 Å². The smallest absolute Gasteiger partial charge is 0.220 e. The summed E-state index contributed by atoms with van der Waals surface area (Å²) in [6.45, 7) is 0. The molecule has 0 aliphatic carbocycles. The maximum absolute atomic E-state index is 4.30. The van der Waals surface area contributed by atoms with Gasteiger partial charge in [0.25, 0.3) is 0 Å². The molecule has 0 atom stereocenters. The number of benzene rings is 2. The number of pyridine rings is 2. The molecule has 1 radical (unpaired) electrons. The summed E-state index contributed by atoms with van der Waals surface area (Å²) in [7, 11) is 0. The summed E-state index contributed by atoms with van der Waals surface area (Å²) in [5, 5.41) is 23.9. The number of rotatable bonds is 4. The Bertz CT molecular complexity index is 1400. The number of hydrogen-bond donors (Lipinski definition) is 0. The summed E-state index contributed by atoms with van der Waals surface area (Å²) in [4.78, 5) is 8.44. The Morgan fingerprint density at radius 2 is 1.33 bits per heavy atom. The molecule has 36 heavy (non-hydrogen) atoms. The standard InChI is InChI=1S/C14H10N3.C13H8N5.Ir/c1-2-4-11(5-3-1)12-6-8-15-14(10-12)13-7-9-16-17-13;1-2-6-10(7-3-1)12-15-17-13(18-16-12)11-8-4-5-9-14-11;/h1-10H;1-6,8-9H;/q2*-1;. The molecule has 0 fully saturated rings. The van der Waals surface area contributed by atoms with Crippen LogP contribution in [0, 0.1) is 6.07 Å². The van der Waals surface area contributed by atoms with Crippen LogP contribution in [0.4, 0.5) is 0 Å². The molecule has 0 N–H and O–H groups in total. The number of nitrogens with zero attached hydrogens (tertiary/aromatic N) is 8. The number of aromatic nitrogens is 8. The van der Waals surface area contributed by atoms with Gasteiger partial charge >= 0.3 is 0 Å². The molecule has 2 aromatic carbocycles. The van der Waals surface area contributed by atoms with Gasteiger partial charge in [-0.3, -0.25) is 9.97 Å². The first kappa shape index (κ1) is 24.7. The molecule has 177 valence electrons. The second-order valence-corrected chi connectivity index (χ2v) is 7.25. The monoisotopic (exact) mass is 647 g/mol. The van der Waals surface area contributed by atoms with E-state index in [1.165, 1.54) is 5.56 Å². The molecule has 0 bridgehead atoms. The van der Waals surface area contributed by atoms with E-state index in [2.05, 4.69) is 58.8 Å². The van der Waals surface area contributed by atoms with Gasteiger partial charge in [0.15, 0.2) is 0 Å². The third kappa shape index (κ3) is 6.15. The minimum atomic E-state index is 0. The molecule has 6 aromatic rings. The van der Waals surface area contributed by atoms with Gasteiger partial charge in [-0.2, -0.15) is 10.2 Å². The fourth-order valence-corrected chi connectivity index (χ4v) is 3.22. The summed E-state index contributed by atoms with van der Waals surface area (Å²) in [5.74, 6) is 0.866. The van der Waals surface area contributed by atoms with Gasteiger partial charge in [-0.25, -0.2) is 0 Å². The molecule has 8 nitrogen and oxygen atoms in total. The minimum Gasteiger partial charge on any atom is -0.574 e. The molecule has 9 heteroatoms. The molecule has 4 aromatic heterocycles. The zero-order valence-corrected chi connectivity index (χ0v) is 21.2. The van der Waals surface area contributed by atoms with E-state index in [0.29, 0.717) is 17.3 Å². The van der Waals surface area contributed by atoms with Crippen molar-refractivity contribution in [1.82, 2.24) is 40.6 Å². The predicted molar refractivity (Wildman–Crippen MR) is 131 cm³/mol. The average molecular weight is 647 g/mol. The van der Waals surface area contributed by atoms with Gasteiger partial charge in [-0.1, -0.05) is 48.2 Å². The zero-order chi connectivity index (χ0) is 23.7. The van der Waals surface area contributed by atoms with E-state index in [1.54, 1.807) is 24.7 Å². The first-order valence-corrected chi connectivity index (χ1v) is 10.8. The van der Waals surface area contributed by atoms with Crippen molar-refractivity contribution in [3.05, 3.63) is 116 Å². The Balaban J connectivity index is 0.000000165. The fourth-order valence-electron chi connectivity index (χ4n) is 3.22. The van der Waals surface area contributed by atoms with Crippen LogP contribution in [0.1, 0.15) is 0 Å². The van der Waals surface area contributed by atoms with E-state index in [1.807, 2.05) is 72.8 Å². The Labute approximate surface area is 221 Å². The van der Waals surface area contributed by atoms with Crippen molar-refractivity contribution < 1.29 is 20.1 Å². The zero-order valence-electron chi connectivity index (χ0n) is 18.8. The van der Waals surface area contributed by atoms with Gasteiger partial charge in [0, 0.05) is 44.4 Å². The topological polar surface area (TPSA) is 104 Å². The van der Waals surface area contributed by atoms with Crippen LogP contribution in [0.3, 0.4) is 0 Å². The molecule has 0 aliphatic heterocycles. The van der Waals surface area contributed by atoms with Crippen LogP contribution < -0.4 is 5.10 Å². The van der Waals surface area contributed by atoms with Gasteiger partial charge in [0.05, 0.1) is 0 Å². The normalized spacial score (nSPS) is 10.0. The van der Waals surface area contributed by atoms with Gasteiger partial charge < -0.3 is 10.2 Å². The molecule has 0 saturated heterocycles. The Morgan fingerprint density at radius 3 is 2.03 bits per heavy atom. The van der Waals surface area contributed by atoms with Crippen LogP contribution in [-0.2, 0) is 20.1 Å². The van der Waals surface area contributed by atoms with Crippen molar-refractivity contribution >= 4 is 0 Å². The molecule has 0 unspecified atom stereocenters. The molecule has 0 aliphatic rings. The van der Waals surface area contributed by atoms with Crippen molar-refractivity contribution in [2.45, 2.75) is 0 Å². The first-order valence-electron chi connectivity index (χ1n) is 10.8. The first-order chi connectivity index (χ1) is 17.4. The van der Waals surface area contributed by atoms with E-state index in [4.69, 9.17) is 0 Å². The molecule has 4 heterocycles. The van der Waals surface area contributed by atoms with Crippen LogP contribution in [0.2, 0.25) is 0 Å². The Hall–Kier alpha value is -4.46. The van der Waals surface area contributed by atoms with Crippen molar-refractivity contribution in [3.63, 3.8) is 0 Å². The van der Waals surface area contributed by atoms with Gasteiger partial charge in [-0.05, 0) is 35.4 Å².